The zero-order valence-electron chi connectivity index (χ0n) is 17.0. The topological polar surface area (TPSA) is 77.1 Å². The van der Waals surface area contributed by atoms with Gasteiger partial charge in [0.25, 0.3) is 11.5 Å². The van der Waals surface area contributed by atoms with Crippen molar-refractivity contribution in [2.45, 2.75) is 32.9 Å². The van der Waals surface area contributed by atoms with Crippen LogP contribution in [-0.2, 0) is 13.0 Å². The normalized spacial score (nSPS) is 12.1. The van der Waals surface area contributed by atoms with Crippen LogP contribution in [0.2, 0.25) is 0 Å². The number of aromatic nitrogens is 2. The molecule has 6 heteroatoms. The fourth-order valence-corrected chi connectivity index (χ4v) is 3.51. The lowest BCUT2D eigenvalue weighted by molar-refractivity contribution is 0.0939. The van der Waals surface area contributed by atoms with Crippen LogP contribution in [-0.4, -0.2) is 21.5 Å². The lowest BCUT2D eigenvalue weighted by atomic mass is 10.1. The van der Waals surface area contributed by atoms with E-state index in [2.05, 4.69) is 10.3 Å². The summed E-state index contributed by atoms with van der Waals surface area (Å²) in [6, 6.07) is 18.6. The second kappa shape index (κ2) is 8.37. The molecule has 0 aliphatic rings. The summed E-state index contributed by atoms with van der Waals surface area (Å²) < 4.78 is 7.05. The highest BCUT2D eigenvalue weighted by Gasteiger charge is 2.12. The number of hydrogen-bond donors (Lipinski definition) is 1. The minimum absolute atomic E-state index is 0.0481. The van der Waals surface area contributed by atoms with Crippen molar-refractivity contribution >= 4 is 16.9 Å². The van der Waals surface area contributed by atoms with Gasteiger partial charge in [0.2, 0.25) is 0 Å². The van der Waals surface area contributed by atoms with Crippen molar-refractivity contribution in [3.8, 4) is 0 Å². The molecular formula is C24H23N3O3. The van der Waals surface area contributed by atoms with E-state index >= 15 is 0 Å². The van der Waals surface area contributed by atoms with Crippen molar-refractivity contribution in [2.75, 3.05) is 0 Å². The van der Waals surface area contributed by atoms with Crippen LogP contribution >= 0.6 is 0 Å². The molecular weight excluding hydrogens is 378 g/mol. The predicted octanol–water partition coefficient (Wildman–Crippen LogP) is 3.71. The Kier molecular flexibility index (Phi) is 5.48. The van der Waals surface area contributed by atoms with Crippen LogP contribution in [0.3, 0.4) is 0 Å². The second-order valence-electron chi connectivity index (χ2n) is 7.43. The van der Waals surface area contributed by atoms with E-state index < -0.39 is 0 Å². The number of fused-ring (bicyclic) bond motifs is 1. The predicted molar refractivity (Wildman–Crippen MR) is 116 cm³/mol. The van der Waals surface area contributed by atoms with Crippen molar-refractivity contribution in [1.82, 2.24) is 14.9 Å². The van der Waals surface area contributed by atoms with E-state index in [-0.39, 0.29) is 17.5 Å². The summed E-state index contributed by atoms with van der Waals surface area (Å²) in [6.07, 6.45) is 2.26. The Labute approximate surface area is 174 Å². The summed E-state index contributed by atoms with van der Waals surface area (Å²) in [5, 5.41) is 2.98. The highest BCUT2D eigenvalue weighted by molar-refractivity contribution is 5.94. The Morgan fingerprint density at radius 1 is 1.10 bits per heavy atom. The molecule has 2 heterocycles. The van der Waals surface area contributed by atoms with Gasteiger partial charge in [0, 0.05) is 18.0 Å². The molecule has 0 aliphatic carbocycles. The lowest BCUT2D eigenvalue weighted by Gasteiger charge is -2.14. The van der Waals surface area contributed by atoms with Gasteiger partial charge < -0.3 is 14.3 Å². The molecule has 0 bridgehead atoms. The Morgan fingerprint density at radius 3 is 2.60 bits per heavy atom. The molecule has 152 valence electrons. The first-order valence-electron chi connectivity index (χ1n) is 9.89. The third-order valence-electron chi connectivity index (χ3n) is 5.04. The molecule has 1 atom stereocenters. The fourth-order valence-electron chi connectivity index (χ4n) is 3.51. The Bertz CT molecular complexity index is 1230. The molecule has 2 aromatic carbocycles. The van der Waals surface area contributed by atoms with Crippen molar-refractivity contribution < 1.29 is 9.21 Å². The largest absolute Gasteiger partial charge is 0.469 e. The summed E-state index contributed by atoms with van der Waals surface area (Å²) >= 11 is 0. The van der Waals surface area contributed by atoms with Crippen LogP contribution in [0.25, 0.3) is 11.0 Å². The van der Waals surface area contributed by atoms with Gasteiger partial charge in [0.1, 0.15) is 11.5 Å². The van der Waals surface area contributed by atoms with E-state index in [9.17, 15) is 9.59 Å². The van der Waals surface area contributed by atoms with Gasteiger partial charge >= 0.3 is 0 Å². The number of benzene rings is 2. The van der Waals surface area contributed by atoms with E-state index in [1.54, 1.807) is 29.9 Å². The van der Waals surface area contributed by atoms with Gasteiger partial charge in [-0.1, -0.05) is 24.3 Å². The first-order chi connectivity index (χ1) is 14.5. The quantitative estimate of drug-likeness (QED) is 0.534. The third kappa shape index (κ3) is 4.17. The van der Waals surface area contributed by atoms with Crippen LogP contribution in [0.1, 0.15) is 34.3 Å². The molecule has 0 saturated carbocycles. The van der Waals surface area contributed by atoms with E-state index in [4.69, 9.17) is 4.42 Å². The average molecular weight is 401 g/mol. The molecule has 1 amide bonds. The van der Waals surface area contributed by atoms with Crippen LogP contribution in [0.4, 0.5) is 0 Å². The van der Waals surface area contributed by atoms with Crippen molar-refractivity contribution in [3.05, 3.63) is 99.9 Å². The molecule has 6 nitrogen and oxygen atoms in total. The molecule has 4 aromatic rings. The van der Waals surface area contributed by atoms with Gasteiger partial charge in [-0.05, 0) is 55.8 Å². The molecule has 4 rings (SSSR count). The number of para-hydroxylation sites is 2. The molecule has 1 unspecified atom stereocenters. The summed E-state index contributed by atoms with van der Waals surface area (Å²) in [4.78, 5) is 29.5. The van der Waals surface area contributed by atoms with Gasteiger partial charge in [-0.2, -0.15) is 0 Å². The molecule has 1 N–H and O–H groups in total. The van der Waals surface area contributed by atoms with Gasteiger partial charge in [-0.25, -0.2) is 4.98 Å². The number of carbonyl (C=O) groups is 1. The number of rotatable bonds is 6. The van der Waals surface area contributed by atoms with E-state index in [0.717, 1.165) is 22.4 Å². The molecule has 0 spiro atoms. The Balaban J connectivity index is 1.49. The fraction of sp³-hybridized carbons (Fsp3) is 0.208. The van der Waals surface area contributed by atoms with Crippen molar-refractivity contribution in [1.29, 1.82) is 0 Å². The maximum Gasteiger partial charge on any atom is 0.272 e. The smallest absolute Gasteiger partial charge is 0.272 e. The summed E-state index contributed by atoms with van der Waals surface area (Å²) in [5.74, 6) is 0.700. The Morgan fingerprint density at radius 2 is 1.87 bits per heavy atom. The Hall–Kier alpha value is -3.67. The number of furan rings is 1. The zero-order chi connectivity index (χ0) is 21.1. The molecule has 0 saturated heterocycles. The van der Waals surface area contributed by atoms with E-state index in [1.165, 1.54) is 0 Å². The van der Waals surface area contributed by atoms with Gasteiger partial charge in [-0.15, -0.1) is 0 Å². The zero-order valence-corrected chi connectivity index (χ0v) is 17.0. The molecule has 0 aliphatic heterocycles. The maximum atomic E-state index is 12.6. The standard InChI is InChI=1S/C24H23N3O3/c1-16(14-20-6-5-13-30-20)25-23(28)19-11-9-18(10-12-19)15-27-22-8-4-3-7-21(22)26-17(2)24(27)29/h3-13,16H,14-15H2,1-2H3,(H,25,28). The molecule has 0 radical (unpaired) electrons. The highest BCUT2D eigenvalue weighted by atomic mass is 16.3. The van der Waals surface area contributed by atoms with Crippen LogP contribution < -0.4 is 10.9 Å². The van der Waals surface area contributed by atoms with Crippen LogP contribution in [0, 0.1) is 6.92 Å². The second-order valence-corrected chi connectivity index (χ2v) is 7.43. The minimum atomic E-state index is -0.136. The minimum Gasteiger partial charge on any atom is -0.469 e. The monoisotopic (exact) mass is 401 g/mol. The molecule has 30 heavy (non-hydrogen) atoms. The first-order valence-corrected chi connectivity index (χ1v) is 9.89. The van der Waals surface area contributed by atoms with Gasteiger partial charge in [-0.3, -0.25) is 9.59 Å². The van der Waals surface area contributed by atoms with Crippen LogP contribution in [0.5, 0.6) is 0 Å². The SMILES string of the molecule is Cc1nc2ccccc2n(Cc2ccc(C(=O)NC(C)Cc3ccco3)cc2)c1=O. The number of aryl methyl sites for hydroxylation is 1. The van der Waals surface area contributed by atoms with E-state index in [1.807, 2.05) is 55.5 Å². The highest BCUT2D eigenvalue weighted by Crippen LogP contribution is 2.13. The number of nitrogens with one attached hydrogen (secondary N) is 1. The lowest BCUT2D eigenvalue weighted by Crippen LogP contribution is -2.34. The van der Waals surface area contributed by atoms with Crippen molar-refractivity contribution in [2.24, 2.45) is 0 Å². The summed E-state index contributed by atoms with van der Waals surface area (Å²) in [6.45, 7) is 4.08. The molecule has 0 fully saturated rings. The van der Waals surface area contributed by atoms with Crippen molar-refractivity contribution in [3.63, 3.8) is 0 Å². The number of amides is 1. The van der Waals surface area contributed by atoms with Crippen LogP contribution in [0.15, 0.2) is 76.1 Å². The molecule has 2 aromatic heterocycles. The number of hydrogen-bond acceptors (Lipinski definition) is 4. The first kappa shape index (κ1) is 19.6. The summed E-state index contributed by atoms with van der Waals surface area (Å²) in [5.41, 5.74) is 3.46. The number of nitrogens with zero attached hydrogens (tertiary/aromatic N) is 2. The van der Waals surface area contributed by atoms with Gasteiger partial charge in [0.15, 0.2) is 0 Å². The van der Waals surface area contributed by atoms with E-state index in [0.29, 0.717) is 24.2 Å². The maximum absolute atomic E-state index is 12.6. The average Bonchev–Trinajstić information content (AvgIpc) is 3.24. The number of carbonyl (C=O) groups excluding carboxylic acids is 1. The van der Waals surface area contributed by atoms with Gasteiger partial charge in [0.05, 0.1) is 23.8 Å². The third-order valence-corrected chi connectivity index (χ3v) is 5.04. The summed E-state index contributed by atoms with van der Waals surface area (Å²) in [7, 11) is 0.